The number of nitrogens with zero attached hydrogens (tertiary/aromatic N) is 1. The summed E-state index contributed by atoms with van der Waals surface area (Å²) in [7, 11) is 0. The lowest BCUT2D eigenvalue weighted by Gasteiger charge is -2.18. The van der Waals surface area contributed by atoms with E-state index in [1.807, 2.05) is 18.2 Å². The molecule has 102 valence electrons. The highest BCUT2D eigenvalue weighted by molar-refractivity contribution is 14.1. The second-order valence-electron chi connectivity index (χ2n) is 4.25. The first-order valence-electron chi connectivity index (χ1n) is 6.20. The van der Waals surface area contributed by atoms with Gasteiger partial charge in [0.1, 0.15) is 18.1 Å². The molecule has 0 spiro atoms. The molecular formula is C14H16INO2S. The van der Waals surface area contributed by atoms with Gasteiger partial charge in [0.2, 0.25) is 0 Å². The van der Waals surface area contributed by atoms with Crippen molar-refractivity contribution in [1.29, 1.82) is 0 Å². The first-order valence-corrected chi connectivity index (χ1v) is 7.69. The lowest BCUT2D eigenvalue weighted by Crippen LogP contribution is -2.30. The van der Waals surface area contributed by atoms with Crippen molar-refractivity contribution in [3.63, 3.8) is 0 Å². The highest BCUT2D eigenvalue weighted by Crippen LogP contribution is 2.27. The quantitative estimate of drug-likeness (QED) is 0.446. The van der Waals surface area contributed by atoms with E-state index in [0.717, 1.165) is 28.2 Å². The Kier molecular flexibility index (Phi) is 5.45. The van der Waals surface area contributed by atoms with E-state index in [1.165, 1.54) is 12.8 Å². The highest BCUT2D eigenvalue weighted by atomic mass is 127. The summed E-state index contributed by atoms with van der Waals surface area (Å²) >= 11 is 7.53. The smallest absolute Gasteiger partial charge is 0.264 e. The van der Waals surface area contributed by atoms with Crippen LogP contribution in [0.1, 0.15) is 12.8 Å². The number of thiocarbonyl (C=S) groups is 1. The maximum absolute atomic E-state index is 5.72. The van der Waals surface area contributed by atoms with Gasteiger partial charge in [-0.3, -0.25) is 0 Å². The summed E-state index contributed by atoms with van der Waals surface area (Å²) in [6.45, 7) is 6.10. The fourth-order valence-corrected chi connectivity index (χ4v) is 2.64. The topological polar surface area (TPSA) is 21.7 Å². The van der Waals surface area contributed by atoms with Gasteiger partial charge in [0.25, 0.3) is 5.17 Å². The maximum Gasteiger partial charge on any atom is 0.264 e. The lowest BCUT2D eigenvalue weighted by atomic mass is 10.3. The van der Waals surface area contributed by atoms with Gasteiger partial charge in [-0.15, -0.1) is 0 Å². The number of hydrogen-bond acceptors (Lipinski definition) is 3. The zero-order chi connectivity index (χ0) is 13.7. The summed E-state index contributed by atoms with van der Waals surface area (Å²) in [5.41, 5.74) is 0. The van der Waals surface area contributed by atoms with Gasteiger partial charge in [-0.2, -0.15) is 0 Å². The van der Waals surface area contributed by atoms with Crippen LogP contribution in [0.4, 0.5) is 0 Å². The van der Waals surface area contributed by atoms with Gasteiger partial charge in [0, 0.05) is 19.2 Å². The molecule has 0 atom stereocenters. The molecule has 19 heavy (non-hydrogen) atoms. The largest absolute Gasteiger partial charge is 0.488 e. The minimum absolute atomic E-state index is 0.482. The van der Waals surface area contributed by atoms with Crippen molar-refractivity contribution in [2.24, 2.45) is 0 Å². The van der Waals surface area contributed by atoms with Crippen LogP contribution in [0.3, 0.4) is 0 Å². The molecule has 1 saturated heterocycles. The van der Waals surface area contributed by atoms with Gasteiger partial charge in [-0.25, -0.2) is 0 Å². The molecule has 0 aromatic heterocycles. The first-order chi connectivity index (χ1) is 9.20. The SMILES string of the molecule is C=CCOc1cc(OC(=S)N2CCCC2)ccc1I. The van der Waals surface area contributed by atoms with Crippen molar-refractivity contribution < 1.29 is 9.47 Å². The van der Waals surface area contributed by atoms with Crippen LogP contribution in [0.15, 0.2) is 30.9 Å². The van der Waals surface area contributed by atoms with Crippen molar-refractivity contribution in [3.05, 3.63) is 34.4 Å². The standard InChI is InChI=1S/C14H16INO2S/c1-2-9-17-13-10-11(5-6-12(13)15)18-14(19)16-7-3-4-8-16/h2,5-6,10H,1,3-4,7-9H2. The maximum atomic E-state index is 5.72. The van der Waals surface area contributed by atoms with Gasteiger partial charge in [0.15, 0.2) is 0 Å². The second-order valence-corrected chi connectivity index (χ2v) is 5.77. The molecule has 0 aliphatic carbocycles. The van der Waals surface area contributed by atoms with Gasteiger partial charge in [-0.1, -0.05) is 12.7 Å². The zero-order valence-electron chi connectivity index (χ0n) is 10.6. The second kappa shape index (κ2) is 7.09. The van der Waals surface area contributed by atoms with E-state index in [2.05, 4.69) is 34.1 Å². The van der Waals surface area contributed by atoms with Crippen molar-refractivity contribution in [3.8, 4) is 11.5 Å². The number of rotatable bonds is 4. The Morgan fingerprint density at radius 2 is 2.16 bits per heavy atom. The molecule has 0 saturated carbocycles. The predicted molar refractivity (Wildman–Crippen MR) is 88.9 cm³/mol. The Morgan fingerprint density at radius 1 is 1.42 bits per heavy atom. The summed E-state index contributed by atoms with van der Waals surface area (Å²) in [5.74, 6) is 1.51. The van der Waals surface area contributed by atoms with E-state index < -0.39 is 0 Å². The van der Waals surface area contributed by atoms with Crippen LogP contribution in [-0.2, 0) is 0 Å². The van der Waals surface area contributed by atoms with E-state index in [0.29, 0.717) is 11.8 Å². The summed E-state index contributed by atoms with van der Waals surface area (Å²) in [5, 5.41) is 0.549. The van der Waals surface area contributed by atoms with Gasteiger partial charge in [0.05, 0.1) is 3.57 Å². The van der Waals surface area contributed by atoms with Crippen LogP contribution in [0.2, 0.25) is 0 Å². The molecule has 1 fully saturated rings. The number of ether oxygens (including phenoxy) is 2. The van der Waals surface area contributed by atoms with Crippen molar-refractivity contribution in [1.82, 2.24) is 4.90 Å². The Hall–Kier alpha value is -0.820. The molecule has 1 aromatic rings. The molecule has 0 unspecified atom stereocenters. The fourth-order valence-electron chi connectivity index (χ4n) is 1.87. The average Bonchev–Trinajstić information content (AvgIpc) is 2.93. The average molecular weight is 389 g/mol. The highest BCUT2D eigenvalue weighted by Gasteiger charge is 2.16. The van der Waals surface area contributed by atoms with Crippen LogP contribution in [0, 0.1) is 3.57 Å². The van der Waals surface area contributed by atoms with Crippen LogP contribution < -0.4 is 9.47 Å². The van der Waals surface area contributed by atoms with E-state index >= 15 is 0 Å². The normalized spacial score (nSPS) is 14.3. The molecule has 0 N–H and O–H groups in total. The van der Waals surface area contributed by atoms with Gasteiger partial charge < -0.3 is 14.4 Å². The molecule has 3 nitrogen and oxygen atoms in total. The number of likely N-dealkylation sites (tertiary alicyclic amines) is 1. The predicted octanol–water partition coefficient (Wildman–Crippen LogP) is 3.62. The Morgan fingerprint density at radius 3 is 2.84 bits per heavy atom. The fraction of sp³-hybridized carbons (Fsp3) is 0.357. The third-order valence-electron chi connectivity index (χ3n) is 2.83. The molecule has 1 aromatic carbocycles. The third-order valence-corrected chi connectivity index (χ3v) is 4.06. The van der Waals surface area contributed by atoms with Crippen LogP contribution >= 0.6 is 34.8 Å². The van der Waals surface area contributed by atoms with Crippen LogP contribution in [0.25, 0.3) is 0 Å². The number of halogens is 1. The van der Waals surface area contributed by atoms with Crippen molar-refractivity contribution in [2.75, 3.05) is 19.7 Å². The molecule has 1 aliphatic rings. The minimum Gasteiger partial charge on any atom is -0.488 e. The summed E-state index contributed by atoms with van der Waals surface area (Å²) in [6, 6.07) is 5.74. The zero-order valence-corrected chi connectivity index (χ0v) is 13.6. The Labute approximate surface area is 132 Å². The number of hydrogen-bond donors (Lipinski definition) is 0. The molecule has 0 amide bonds. The van der Waals surface area contributed by atoms with Gasteiger partial charge in [-0.05, 0) is 59.8 Å². The molecule has 1 heterocycles. The summed E-state index contributed by atoms with van der Waals surface area (Å²) in [4.78, 5) is 2.09. The van der Waals surface area contributed by atoms with E-state index in [-0.39, 0.29) is 0 Å². The lowest BCUT2D eigenvalue weighted by molar-refractivity contribution is 0.357. The first kappa shape index (κ1) is 14.6. The molecule has 2 rings (SSSR count). The molecule has 0 bridgehead atoms. The summed E-state index contributed by atoms with van der Waals surface area (Å²) < 4.78 is 12.3. The molecule has 1 aliphatic heterocycles. The molecule has 5 heteroatoms. The van der Waals surface area contributed by atoms with Crippen LogP contribution in [-0.4, -0.2) is 29.8 Å². The monoisotopic (exact) mass is 389 g/mol. The third kappa shape index (κ3) is 4.07. The number of benzene rings is 1. The van der Waals surface area contributed by atoms with Crippen molar-refractivity contribution >= 4 is 40.0 Å². The Bertz CT molecular complexity index is 473. The molecule has 0 radical (unpaired) electrons. The van der Waals surface area contributed by atoms with Gasteiger partial charge >= 0.3 is 0 Å². The summed E-state index contributed by atoms with van der Waals surface area (Å²) in [6.07, 6.45) is 4.09. The van der Waals surface area contributed by atoms with Crippen molar-refractivity contribution in [2.45, 2.75) is 12.8 Å². The van der Waals surface area contributed by atoms with E-state index in [9.17, 15) is 0 Å². The van der Waals surface area contributed by atoms with Crippen LogP contribution in [0.5, 0.6) is 11.5 Å². The Balaban J connectivity index is 2.03. The molecular weight excluding hydrogens is 373 g/mol. The van der Waals surface area contributed by atoms with E-state index in [1.54, 1.807) is 6.08 Å². The minimum atomic E-state index is 0.482. The van der Waals surface area contributed by atoms with E-state index in [4.69, 9.17) is 21.7 Å².